The molecule has 1 unspecified atom stereocenters. The average molecular weight is 184 g/mol. The van der Waals surface area contributed by atoms with Crippen molar-refractivity contribution in [2.45, 2.75) is 32.6 Å². The SMILES string of the molecule is CCC(CO)C1(C2CCC2)COC1. The van der Waals surface area contributed by atoms with Crippen LogP contribution in [0.5, 0.6) is 0 Å². The van der Waals surface area contributed by atoms with Gasteiger partial charge in [0, 0.05) is 12.0 Å². The molecule has 0 amide bonds. The van der Waals surface area contributed by atoms with E-state index < -0.39 is 0 Å². The summed E-state index contributed by atoms with van der Waals surface area (Å²) in [5.74, 6) is 1.32. The molecule has 2 heteroatoms. The highest BCUT2D eigenvalue weighted by Gasteiger charge is 2.51. The largest absolute Gasteiger partial charge is 0.396 e. The first-order valence-corrected chi connectivity index (χ1v) is 5.52. The van der Waals surface area contributed by atoms with Gasteiger partial charge in [0.15, 0.2) is 0 Å². The van der Waals surface area contributed by atoms with Crippen LogP contribution in [-0.2, 0) is 4.74 Å². The Balaban J connectivity index is 2.03. The van der Waals surface area contributed by atoms with Crippen LogP contribution in [0.4, 0.5) is 0 Å². The molecule has 1 saturated heterocycles. The second-order valence-corrected chi connectivity index (χ2v) is 4.64. The molecule has 1 atom stereocenters. The number of aliphatic hydroxyl groups excluding tert-OH is 1. The Labute approximate surface area is 80.3 Å². The minimum atomic E-state index is 0.344. The molecule has 2 nitrogen and oxygen atoms in total. The van der Waals surface area contributed by atoms with Crippen LogP contribution >= 0.6 is 0 Å². The molecule has 0 bridgehead atoms. The third kappa shape index (κ3) is 1.31. The second-order valence-electron chi connectivity index (χ2n) is 4.64. The van der Waals surface area contributed by atoms with Crippen LogP contribution in [0, 0.1) is 17.3 Å². The van der Waals surface area contributed by atoms with Crippen molar-refractivity contribution in [3.8, 4) is 0 Å². The van der Waals surface area contributed by atoms with E-state index in [2.05, 4.69) is 6.92 Å². The van der Waals surface area contributed by atoms with Gasteiger partial charge in [0.2, 0.25) is 0 Å². The van der Waals surface area contributed by atoms with Crippen molar-refractivity contribution < 1.29 is 9.84 Å². The van der Waals surface area contributed by atoms with E-state index in [0.717, 1.165) is 25.6 Å². The summed E-state index contributed by atoms with van der Waals surface area (Å²) in [5.41, 5.74) is 0.363. The maximum atomic E-state index is 9.34. The lowest BCUT2D eigenvalue weighted by molar-refractivity contribution is -0.200. The molecule has 0 aromatic carbocycles. The third-order valence-corrected chi connectivity index (χ3v) is 4.19. The molecule has 1 saturated carbocycles. The van der Waals surface area contributed by atoms with Gasteiger partial charge in [-0.1, -0.05) is 19.8 Å². The summed E-state index contributed by atoms with van der Waals surface area (Å²) >= 11 is 0. The van der Waals surface area contributed by atoms with Crippen molar-refractivity contribution in [3.63, 3.8) is 0 Å². The van der Waals surface area contributed by atoms with E-state index in [4.69, 9.17) is 4.74 Å². The lowest BCUT2D eigenvalue weighted by Crippen LogP contribution is -2.56. The zero-order chi connectivity index (χ0) is 9.31. The molecule has 2 fully saturated rings. The molecular weight excluding hydrogens is 164 g/mol. The third-order valence-electron chi connectivity index (χ3n) is 4.19. The smallest absolute Gasteiger partial charge is 0.0551 e. The quantitative estimate of drug-likeness (QED) is 0.722. The molecule has 2 aliphatic rings. The van der Waals surface area contributed by atoms with Crippen LogP contribution in [0.3, 0.4) is 0 Å². The summed E-state index contributed by atoms with van der Waals surface area (Å²) in [6, 6.07) is 0. The van der Waals surface area contributed by atoms with E-state index in [1.54, 1.807) is 0 Å². The Bertz CT molecular complexity index is 167. The minimum Gasteiger partial charge on any atom is -0.396 e. The fourth-order valence-electron chi connectivity index (χ4n) is 2.84. The summed E-state index contributed by atoms with van der Waals surface area (Å²) in [6.07, 6.45) is 5.20. The van der Waals surface area contributed by atoms with Gasteiger partial charge in [0.1, 0.15) is 0 Å². The molecule has 1 aliphatic carbocycles. The van der Waals surface area contributed by atoms with Crippen molar-refractivity contribution in [2.75, 3.05) is 19.8 Å². The molecule has 0 radical (unpaired) electrons. The first-order valence-electron chi connectivity index (χ1n) is 5.52. The van der Waals surface area contributed by atoms with Crippen molar-refractivity contribution in [1.29, 1.82) is 0 Å². The van der Waals surface area contributed by atoms with Crippen molar-refractivity contribution >= 4 is 0 Å². The van der Waals surface area contributed by atoms with Gasteiger partial charge in [0.25, 0.3) is 0 Å². The average Bonchev–Trinajstić information content (AvgIpc) is 1.98. The lowest BCUT2D eigenvalue weighted by Gasteiger charge is -2.54. The maximum Gasteiger partial charge on any atom is 0.0551 e. The van der Waals surface area contributed by atoms with Crippen LogP contribution in [-0.4, -0.2) is 24.9 Å². The zero-order valence-corrected chi connectivity index (χ0v) is 8.46. The Morgan fingerprint density at radius 1 is 1.46 bits per heavy atom. The first-order chi connectivity index (χ1) is 6.33. The summed E-state index contributed by atoms with van der Waals surface area (Å²) in [6.45, 7) is 4.32. The molecule has 0 aromatic heterocycles. The van der Waals surface area contributed by atoms with Crippen LogP contribution in [0.25, 0.3) is 0 Å². The van der Waals surface area contributed by atoms with Gasteiger partial charge in [-0.3, -0.25) is 0 Å². The Kier molecular flexibility index (Phi) is 2.61. The first kappa shape index (κ1) is 9.47. The summed E-state index contributed by atoms with van der Waals surface area (Å²) in [5, 5.41) is 9.34. The summed E-state index contributed by atoms with van der Waals surface area (Å²) < 4.78 is 5.37. The minimum absolute atomic E-state index is 0.344. The van der Waals surface area contributed by atoms with E-state index >= 15 is 0 Å². The van der Waals surface area contributed by atoms with E-state index in [1.807, 2.05) is 0 Å². The van der Waals surface area contributed by atoms with Gasteiger partial charge < -0.3 is 9.84 Å². The fourth-order valence-corrected chi connectivity index (χ4v) is 2.84. The van der Waals surface area contributed by atoms with Gasteiger partial charge in [-0.15, -0.1) is 0 Å². The molecule has 13 heavy (non-hydrogen) atoms. The van der Waals surface area contributed by atoms with Crippen LogP contribution in [0.2, 0.25) is 0 Å². The highest BCUT2D eigenvalue weighted by Crippen LogP contribution is 2.52. The Hall–Kier alpha value is -0.0800. The predicted molar refractivity (Wildman–Crippen MR) is 51.5 cm³/mol. The van der Waals surface area contributed by atoms with Gasteiger partial charge in [-0.2, -0.15) is 0 Å². The fraction of sp³-hybridized carbons (Fsp3) is 1.00. The molecule has 0 spiro atoms. The van der Waals surface area contributed by atoms with E-state index in [0.29, 0.717) is 17.9 Å². The van der Waals surface area contributed by atoms with Crippen molar-refractivity contribution in [3.05, 3.63) is 0 Å². The zero-order valence-electron chi connectivity index (χ0n) is 8.46. The number of aliphatic hydroxyl groups is 1. The molecule has 0 aromatic rings. The van der Waals surface area contributed by atoms with Crippen LogP contribution < -0.4 is 0 Å². The second kappa shape index (κ2) is 3.58. The number of rotatable bonds is 4. The molecular formula is C11H20O2. The van der Waals surface area contributed by atoms with E-state index in [-0.39, 0.29) is 0 Å². The van der Waals surface area contributed by atoms with Crippen molar-refractivity contribution in [2.24, 2.45) is 17.3 Å². The van der Waals surface area contributed by atoms with Crippen molar-refractivity contribution in [1.82, 2.24) is 0 Å². The molecule has 2 rings (SSSR count). The monoisotopic (exact) mass is 184 g/mol. The Morgan fingerprint density at radius 3 is 2.38 bits per heavy atom. The summed E-state index contributed by atoms with van der Waals surface area (Å²) in [4.78, 5) is 0. The highest BCUT2D eigenvalue weighted by atomic mass is 16.5. The Morgan fingerprint density at radius 2 is 2.15 bits per heavy atom. The molecule has 1 aliphatic heterocycles. The van der Waals surface area contributed by atoms with E-state index in [1.165, 1.54) is 19.3 Å². The van der Waals surface area contributed by atoms with Gasteiger partial charge in [0.05, 0.1) is 13.2 Å². The molecule has 76 valence electrons. The van der Waals surface area contributed by atoms with Gasteiger partial charge >= 0.3 is 0 Å². The predicted octanol–water partition coefficient (Wildman–Crippen LogP) is 1.82. The van der Waals surface area contributed by atoms with Crippen LogP contribution in [0.1, 0.15) is 32.6 Å². The standard InChI is InChI=1S/C11H20O2/c1-2-9(6-12)11(7-13-8-11)10-4-3-5-10/h9-10,12H,2-8H2,1H3. The van der Waals surface area contributed by atoms with Gasteiger partial charge in [-0.05, 0) is 24.7 Å². The molecule has 1 N–H and O–H groups in total. The number of hydrogen-bond acceptors (Lipinski definition) is 2. The summed E-state index contributed by atoms with van der Waals surface area (Å²) in [7, 11) is 0. The van der Waals surface area contributed by atoms with Crippen LogP contribution in [0.15, 0.2) is 0 Å². The van der Waals surface area contributed by atoms with Gasteiger partial charge in [-0.25, -0.2) is 0 Å². The highest BCUT2D eigenvalue weighted by molar-refractivity contribution is 4.99. The van der Waals surface area contributed by atoms with E-state index in [9.17, 15) is 5.11 Å². The lowest BCUT2D eigenvalue weighted by atomic mass is 9.57. The topological polar surface area (TPSA) is 29.5 Å². The maximum absolute atomic E-state index is 9.34. The molecule has 1 heterocycles. The number of hydrogen-bond donors (Lipinski definition) is 1. The number of ether oxygens (including phenoxy) is 1. The normalized spacial score (nSPS) is 29.1.